The van der Waals surface area contributed by atoms with Gasteiger partial charge in [-0.25, -0.2) is 0 Å². The lowest BCUT2D eigenvalue weighted by Crippen LogP contribution is -2.42. The second-order valence-electron chi connectivity index (χ2n) is 6.68. The van der Waals surface area contributed by atoms with Crippen molar-refractivity contribution < 1.29 is 14.3 Å². The predicted octanol–water partition coefficient (Wildman–Crippen LogP) is 3.76. The third-order valence-corrected chi connectivity index (χ3v) is 4.41. The van der Waals surface area contributed by atoms with Crippen LogP contribution in [0.3, 0.4) is 0 Å². The third-order valence-electron chi connectivity index (χ3n) is 4.41. The molecule has 1 atom stereocenters. The summed E-state index contributed by atoms with van der Waals surface area (Å²) in [6.45, 7) is 8.01. The maximum absolute atomic E-state index is 12.9. The largest absolute Gasteiger partial charge is 0.490 e. The molecule has 5 nitrogen and oxygen atoms in total. The first kappa shape index (κ1) is 22.6. The molecule has 0 aliphatic carbocycles. The Morgan fingerprint density at radius 3 is 2.54 bits per heavy atom. The number of piperidine rings is 1. The van der Waals surface area contributed by atoms with Crippen LogP contribution in [0.1, 0.15) is 49.9 Å². The maximum Gasteiger partial charge on any atom is 0.254 e. The summed E-state index contributed by atoms with van der Waals surface area (Å²) in [4.78, 5) is 14.9. The number of likely N-dealkylation sites (tertiary alicyclic amines) is 1. The van der Waals surface area contributed by atoms with E-state index in [2.05, 4.69) is 19.2 Å². The summed E-state index contributed by atoms with van der Waals surface area (Å²) in [6.07, 6.45) is 4.10. The van der Waals surface area contributed by atoms with E-state index in [9.17, 15) is 4.79 Å². The van der Waals surface area contributed by atoms with Gasteiger partial charge in [-0.05, 0) is 63.4 Å². The molecule has 1 heterocycles. The fourth-order valence-electron chi connectivity index (χ4n) is 3.18. The molecular weight excluding hydrogens is 352 g/mol. The molecule has 0 saturated carbocycles. The van der Waals surface area contributed by atoms with Gasteiger partial charge in [-0.2, -0.15) is 0 Å². The summed E-state index contributed by atoms with van der Waals surface area (Å²) in [5.41, 5.74) is 0.681. The fourth-order valence-corrected chi connectivity index (χ4v) is 3.18. The van der Waals surface area contributed by atoms with E-state index in [1.807, 2.05) is 30.1 Å². The first-order chi connectivity index (χ1) is 12.2. The van der Waals surface area contributed by atoms with E-state index in [4.69, 9.17) is 9.47 Å². The number of amides is 1. The highest BCUT2D eigenvalue weighted by Crippen LogP contribution is 2.30. The number of halogens is 1. The van der Waals surface area contributed by atoms with Crippen LogP contribution < -0.4 is 14.8 Å². The number of hydrogen-bond acceptors (Lipinski definition) is 4. The van der Waals surface area contributed by atoms with Gasteiger partial charge in [0, 0.05) is 18.7 Å². The van der Waals surface area contributed by atoms with Gasteiger partial charge in [-0.3, -0.25) is 4.79 Å². The number of rotatable bonds is 9. The van der Waals surface area contributed by atoms with Crippen LogP contribution in [0, 0.1) is 5.92 Å². The molecule has 1 aliphatic rings. The minimum absolute atomic E-state index is 0. The lowest BCUT2D eigenvalue weighted by molar-refractivity contribution is 0.0673. The van der Waals surface area contributed by atoms with E-state index in [1.165, 1.54) is 6.42 Å². The summed E-state index contributed by atoms with van der Waals surface area (Å²) < 4.78 is 11.6. The molecule has 1 aromatic rings. The number of ether oxygens (including phenoxy) is 2. The lowest BCUT2D eigenvalue weighted by Gasteiger charge is -2.33. The molecule has 1 aromatic carbocycles. The van der Waals surface area contributed by atoms with Crippen LogP contribution in [0.25, 0.3) is 0 Å². The molecular formula is C20H33ClN2O3. The molecule has 6 heteroatoms. The Hall–Kier alpha value is -1.46. The zero-order valence-corrected chi connectivity index (χ0v) is 17.1. The van der Waals surface area contributed by atoms with E-state index in [0.717, 1.165) is 44.6 Å². The van der Waals surface area contributed by atoms with Gasteiger partial charge in [-0.1, -0.05) is 13.8 Å². The monoisotopic (exact) mass is 384 g/mol. The van der Waals surface area contributed by atoms with E-state index < -0.39 is 0 Å². The second-order valence-corrected chi connectivity index (χ2v) is 6.68. The van der Waals surface area contributed by atoms with E-state index in [0.29, 0.717) is 30.4 Å². The highest BCUT2D eigenvalue weighted by Gasteiger charge is 2.24. The van der Waals surface area contributed by atoms with Gasteiger partial charge in [0.2, 0.25) is 0 Å². The Morgan fingerprint density at radius 2 is 1.88 bits per heavy atom. The minimum atomic E-state index is 0. The van der Waals surface area contributed by atoms with Crippen LogP contribution in [-0.4, -0.2) is 50.7 Å². The first-order valence-electron chi connectivity index (χ1n) is 9.53. The number of carbonyl (C=O) groups is 1. The van der Waals surface area contributed by atoms with Crippen LogP contribution in [0.15, 0.2) is 18.2 Å². The van der Waals surface area contributed by atoms with Crippen molar-refractivity contribution >= 4 is 18.3 Å². The Balaban J connectivity index is 0.00000338. The Kier molecular flexibility index (Phi) is 10.4. The molecule has 1 fully saturated rings. The summed E-state index contributed by atoms with van der Waals surface area (Å²) in [6, 6.07) is 5.56. The van der Waals surface area contributed by atoms with Crippen molar-refractivity contribution in [3.8, 4) is 11.5 Å². The molecule has 0 spiro atoms. The quantitative estimate of drug-likeness (QED) is 0.704. The maximum atomic E-state index is 12.9. The summed E-state index contributed by atoms with van der Waals surface area (Å²) in [5.74, 6) is 2.01. The third kappa shape index (κ3) is 6.36. The van der Waals surface area contributed by atoms with Gasteiger partial charge in [0.1, 0.15) is 0 Å². The minimum Gasteiger partial charge on any atom is -0.490 e. The molecule has 2 rings (SSSR count). The molecule has 1 N–H and O–H groups in total. The molecule has 1 saturated heterocycles. The van der Waals surface area contributed by atoms with Crippen molar-refractivity contribution in [3.63, 3.8) is 0 Å². The van der Waals surface area contributed by atoms with Crippen molar-refractivity contribution in [1.29, 1.82) is 0 Å². The molecule has 1 unspecified atom stereocenters. The lowest BCUT2D eigenvalue weighted by atomic mass is 9.97. The predicted molar refractivity (Wildman–Crippen MR) is 108 cm³/mol. The van der Waals surface area contributed by atoms with Gasteiger partial charge in [0.25, 0.3) is 5.91 Å². The van der Waals surface area contributed by atoms with Crippen molar-refractivity contribution in [2.45, 2.75) is 39.5 Å². The average Bonchev–Trinajstić information content (AvgIpc) is 2.65. The zero-order valence-electron chi connectivity index (χ0n) is 16.3. The molecule has 0 aromatic heterocycles. The van der Waals surface area contributed by atoms with Crippen LogP contribution in [0.5, 0.6) is 11.5 Å². The molecule has 0 bridgehead atoms. The molecule has 26 heavy (non-hydrogen) atoms. The standard InChI is InChI=1S/C20H32N2O3.ClH/c1-4-11-24-18-9-8-17(13-19(18)25-12-5-2)20(23)22-10-6-7-16(15-22)14-21-3;/h8-9,13,16,21H,4-7,10-12,14-15H2,1-3H3;1H. The highest BCUT2D eigenvalue weighted by molar-refractivity contribution is 5.95. The number of carbonyl (C=O) groups excluding carboxylic acids is 1. The zero-order chi connectivity index (χ0) is 18.1. The Morgan fingerprint density at radius 1 is 1.19 bits per heavy atom. The number of benzene rings is 1. The topological polar surface area (TPSA) is 50.8 Å². The number of nitrogens with zero attached hydrogens (tertiary/aromatic N) is 1. The van der Waals surface area contributed by atoms with Gasteiger partial charge >= 0.3 is 0 Å². The van der Waals surface area contributed by atoms with E-state index >= 15 is 0 Å². The van der Waals surface area contributed by atoms with Crippen molar-refractivity contribution in [1.82, 2.24) is 10.2 Å². The van der Waals surface area contributed by atoms with Gasteiger partial charge in [-0.15, -0.1) is 12.4 Å². The van der Waals surface area contributed by atoms with E-state index in [-0.39, 0.29) is 18.3 Å². The fraction of sp³-hybridized carbons (Fsp3) is 0.650. The number of nitrogens with one attached hydrogen (secondary N) is 1. The Labute approximate surface area is 163 Å². The van der Waals surface area contributed by atoms with Crippen LogP contribution >= 0.6 is 12.4 Å². The molecule has 148 valence electrons. The normalized spacial score (nSPS) is 16.7. The highest BCUT2D eigenvalue weighted by atomic mass is 35.5. The van der Waals surface area contributed by atoms with Gasteiger partial charge < -0.3 is 19.7 Å². The van der Waals surface area contributed by atoms with Crippen LogP contribution in [-0.2, 0) is 0 Å². The van der Waals surface area contributed by atoms with Crippen LogP contribution in [0.4, 0.5) is 0 Å². The van der Waals surface area contributed by atoms with Crippen LogP contribution in [0.2, 0.25) is 0 Å². The number of hydrogen-bond donors (Lipinski definition) is 1. The SMILES string of the molecule is CCCOc1ccc(C(=O)N2CCCC(CNC)C2)cc1OCCC.Cl. The van der Waals surface area contributed by atoms with Crippen molar-refractivity contribution in [3.05, 3.63) is 23.8 Å². The smallest absolute Gasteiger partial charge is 0.254 e. The average molecular weight is 385 g/mol. The van der Waals surface area contributed by atoms with E-state index in [1.54, 1.807) is 0 Å². The molecule has 1 aliphatic heterocycles. The summed E-state index contributed by atoms with van der Waals surface area (Å²) >= 11 is 0. The first-order valence-corrected chi connectivity index (χ1v) is 9.53. The second kappa shape index (κ2) is 12.0. The molecule has 1 amide bonds. The van der Waals surface area contributed by atoms with Crippen molar-refractivity contribution in [2.75, 3.05) is 39.9 Å². The van der Waals surface area contributed by atoms with Crippen molar-refractivity contribution in [2.24, 2.45) is 5.92 Å². The summed E-state index contributed by atoms with van der Waals surface area (Å²) in [5, 5.41) is 3.22. The summed E-state index contributed by atoms with van der Waals surface area (Å²) in [7, 11) is 1.97. The Bertz CT molecular complexity index is 552. The van der Waals surface area contributed by atoms with Gasteiger partial charge in [0.05, 0.1) is 13.2 Å². The molecule has 0 radical (unpaired) electrons. The van der Waals surface area contributed by atoms with Gasteiger partial charge in [0.15, 0.2) is 11.5 Å².